The van der Waals surface area contributed by atoms with Crippen LogP contribution < -0.4 is 0 Å². The summed E-state index contributed by atoms with van der Waals surface area (Å²) in [6.45, 7) is 0. The molecule has 0 spiro atoms. The number of fused-ring (bicyclic) bond motifs is 1. The molecule has 19 heavy (non-hydrogen) atoms. The minimum absolute atomic E-state index is 0.113. The molecule has 2 atom stereocenters. The van der Waals surface area contributed by atoms with Crippen LogP contribution in [0.2, 0.25) is 0 Å². The minimum atomic E-state index is -2.05. The van der Waals surface area contributed by atoms with Gasteiger partial charge in [0.05, 0.1) is 0 Å². The van der Waals surface area contributed by atoms with Crippen LogP contribution in [0.5, 0.6) is 0 Å². The molecule has 2 aliphatic rings. The molecule has 0 saturated carbocycles. The molecule has 1 saturated heterocycles. The van der Waals surface area contributed by atoms with E-state index in [-0.39, 0.29) is 12.1 Å². The minimum Gasteiger partial charge on any atom is -0.358 e. The molecule has 2 rings (SSSR count). The Bertz CT molecular complexity index is 592. The average Bonchev–Trinajstić information content (AvgIpc) is 2.67. The SMILES string of the molecule is CN1C2=CC(=O)C(=NC(=O)N=N)C=C2CC1S(=O)O. The van der Waals surface area contributed by atoms with E-state index >= 15 is 0 Å². The fourth-order valence-corrected chi connectivity index (χ4v) is 2.70. The summed E-state index contributed by atoms with van der Waals surface area (Å²) in [5.41, 5.74) is 7.59. The molecular formula is C10H10N4O4S. The lowest BCUT2D eigenvalue weighted by Crippen LogP contribution is -2.28. The van der Waals surface area contributed by atoms with Crippen molar-refractivity contribution in [3.05, 3.63) is 23.4 Å². The zero-order chi connectivity index (χ0) is 14.2. The Hall–Kier alpha value is -2.00. The fraction of sp³-hybridized carbons (Fsp3) is 0.300. The van der Waals surface area contributed by atoms with Crippen LogP contribution in [0.25, 0.3) is 0 Å². The number of ketones is 1. The van der Waals surface area contributed by atoms with Crippen molar-refractivity contribution in [1.29, 1.82) is 5.53 Å². The summed E-state index contributed by atoms with van der Waals surface area (Å²) in [5, 5.41) is 1.96. The first-order valence-corrected chi connectivity index (χ1v) is 6.40. The predicted molar refractivity (Wildman–Crippen MR) is 66.1 cm³/mol. The van der Waals surface area contributed by atoms with Crippen molar-refractivity contribution in [1.82, 2.24) is 4.90 Å². The quantitative estimate of drug-likeness (QED) is 0.419. The second-order valence-corrected chi connectivity index (χ2v) is 5.10. The van der Waals surface area contributed by atoms with Gasteiger partial charge in [-0.1, -0.05) is 5.11 Å². The molecule has 1 fully saturated rings. The molecule has 0 aromatic heterocycles. The average molecular weight is 282 g/mol. The second kappa shape index (κ2) is 4.94. The van der Waals surface area contributed by atoms with Crippen molar-refractivity contribution >= 4 is 28.6 Å². The topological polar surface area (TPSA) is 123 Å². The largest absolute Gasteiger partial charge is 0.385 e. The van der Waals surface area contributed by atoms with Gasteiger partial charge in [0, 0.05) is 25.2 Å². The third-order valence-electron chi connectivity index (χ3n) is 2.91. The molecule has 1 aliphatic heterocycles. The normalized spacial score (nSPS) is 25.8. The van der Waals surface area contributed by atoms with Gasteiger partial charge in [-0.2, -0.15) is 10.5 Å². The Morgan fingerprint density at radius 1 is 1.58 bits per heavy atom. The number of allylic oxidation sites excluding steroid dienone is 3. The van der Waals surface area contributed by atoms with Gasteiger partial charge < -0.3 is 9.45 Å². The van der Waals surface area contributed by atoms with Crippen LogP contribution in [-0.2, 0) is 15.9 Å². The molecule has 100 valence electrons. The zero-order valence-corrected chi connectivity index (χ0v) is 10.7. The van der Waals surface area contributed by atoms with E-state index in [1.165, 1.54) is 12.2 Å². The lowest BCUT2D eigenvalue weighted by Gasteiger charge is -2.19. The number of likely N-dealkylation sites (tertiary alicyclic amines) is 1. The fourth-order valence-electron chi connectivity index (χ4n) is 1.99. The standard InChI is InChI=1S/C10H10N4O4S/c1-14-7-4-8(15)6(12-10(16)13-11)2-5(7)3-9(14)19(17)18/h2,4,9,11H,3H2,1H3,(H,17,18). The van der Waals surface area contributed by atoms with Crippen molar-refractivity contribution in [2.45, 2.75) is 11.8 Å². The smallest absolute Gasteiger partial charge is 0.358 e. The van der Waals surface area contributed by atoms with E-state index in [1.807, 2.05) is 0 Å². The molecule has 1 aliphatic carbocycles. The van der Waals surface area contributed by atoms with Crippen LogP contribution in [0.4, 0.5) is 4.79 Å². The highest BCUT2D eigenvalue weighted by molar-refractivity contribution is 7.79. The summed E-state index contributed by atoms with van der Waals surface area (Å²) in [6, 6.07) is -1.06. The molecule has 2 unspecified atom stereocenters. The number of hydrogen-bond acceptors (Lipinski definition) is 5. The van der Waals surface area contributed by atoms with Gasteiger partial charge in [-0.05, 0) is 11.6 Å². The molecule has 0 aromatic carbocycles. The summed E-state index contributed by atoms with van der Waals surface area (Å²) in [7, 11) is 1.62. The predicted octanol–water partition coefficient (Wildman–Crippen LogP) is 0.855. The van der Waals surface area contributed by atoms with Gasteiger partial charge in [0.1, 0.15) is 11.1 Å². The van der Waals surface area contributed by atoms with Crippen molar-refractivity contribution in [2.24, 2.45) is 10.1 Å². The van der Waals surface area contributed by atoms with Crippen LogP contribution in [0, 0.1) is 5.53 Å². The Kier molecular flexibility index (Phi) is 3.49. The van der Waals surface area contributed by atoms with Crippen molar-refractivity contribution in [3.63, 3.8) is 0 Å². The second-order valence-electron chi connectivity index (χ2n) is 4.00. The third kappa shape index (κ3) is 2.42. The maximum atomic E-state index is 11.7. The van der Waals surface area contributed by atoms with Gasteiger partial charge in [-0.3, -0.25) is 4.79 Å². The van der Waals surface area contributed by atoms with Crippen LogP contribution in [-0.4, -0.2) is 43.6 Å². The van der Waals surface area contributed by atoms with Crippen molar-refractivity contribution in [2.75, 3.05) is 7.05 Å². The molecular weight excluding hydrogens is 272 g/mol. The monoisotopic (exact) mass is 282 g/mol. The Balaban J connectivity index is 2.38. The van der Waals surface area contributed by atoms with Gasteiger partial charge in [-0.25, -0.2) is 9.00 Å². The summed E-state index contributed by atoms with van der Waals surface area (Å²) in [5.74, 6) is -0.494. The number of hydrogen-bond donors (Lipinski definition) is 2. The number of rotatable bonds is 1. The Morgan fingerprint density at radius 2 is 2.26 bits per heavy atom. The Morgan fingerprint density at radius 3 is 2.84 bits per heavy atom. The van der Waals surface area contributed by atoms with Gasteiger partial charge in [-0.15, -0.1) is 0 Å². The maximum Gasteiger partial charge on any atom is 0.385 e. The van der Waals surface area contributed by atoms with E-state index in [4.69, 9.17) is 10.1 Å². The molecule has 0 aromatic rings. The number of nitrogens with zero attached hydrogens (tertiary/aromatic N) is 3. The number of amides is 2. The summed E-state index contributed by atoms with van der Waals surface area (Å²) in [6.07, 6.45) is 2.94. The lowest BCUT2D eigenvalue weighted by molar-refractivity contribution is -0.108. The molecule has 0 bridgehead atoms. The van der Waals surface area contributed by atoms with Gasteiger partial charge in [0.2, 0.25) is 5.78 Å². The van der Waals surface area contributed by atoms with Gasteiger partial charge >= 0.3 is 6.03 Å². The number of nitrogens with one attached hydrogen (secondary N) is 1. The number of carbonyl (C=O) groups excluding carboxylic acids is 2. The molecule has 8 nitrogen and oxygen atoms in total. The first-order valence-electron chi connectivity index (χ1n) is 5.23. The first kappa shape index (κ1) is 13.4. The van der Waals surface area contributed by atoms with E-state index in [9.17, 15) is 13.8 Å². The van der Waals surface area contributed by atoms with E-state index in [0.717, 1.165) is 0 Å². The van der Waals surface area contributed by atoms with Gasteiger partial charge in [0.15, 0.2) is 11.1 Å². The van der Waals surface area contributed by atoms with Crippen molar-refractivity contribution in [3.8, 4) is 0 Å². The van der Waals surface area contributed by atoms with Crippen LogP contribution >= 0.6 is 0 Å². The molecule has 2 N–H and O–H groups in total. The number of aliphatic imine (C=N–C) groups is 1. The highest BCUT2D eigenvalue weighted by Gasteiger charge is 2.36. The summed E-state index contributed by atoms with van der Waals surface area (Å²) in [4.78, 5) is 27.6. The molecule has 1 heterocycles. The number of likely N-dealkylation sites (N-methyl/N-ethyl adjacent to an activating group) is 1. The van der Waals surface area contributed by atoms with Crippen molar-refractivity contribution < 1.29 is 18.4 Å². The zero-order valence-electron chi connectivity index (χ0n) is 9.86. The third-order valence-corrected chi connectivity index (χ3v) is 3.86. The molecule has 2 amide bonds. The number of urea groups is 1. The highest BCUT2D eigenvalue weighted by Crippen LogP contribution is 2.34. The van der Waals surface area contributed by atoms with E-state index in [0.29, 0.717) is 11.3 Å². The molecule has 0 radical (unpaired) electrons. The van der Waals surface area contributed by atoms with Gasteiger partial charge in [0.25, 0.3) is 0 Å². The van der Waals surface area contributed by atoms with Crippen LogP contribution in [0.3, 0.4) is 0 Å². The van der Waals surface area contributed by atoms with Crippen LogP contribution in [0.1, 0.15) is 6.42 Å². The van der Waals surface area contributed by atoms with E-state index in [1.54, 1.807) is 11.9 Å². The Labute approximate surface area is 110 Å². The van der Waals surface area contributed by atoms with E-state index in [2.05, 4.69) is 10.1 Å². The first-order chi connectivity index (χ1) is 8.93. The summed E-state index contributed by atoms with van der Waals surface area (Å²) >= 11 is -2.05. The maximum absolute atomic E-state index is 11.7. The lowest BCUT2D eigenvalue weighted by atomic mass is 10.0. The highest BCUT2D eigenvalue weighted by atomic mass is 32.2. The number of carbonyl (C=O) groups is 2. The van der Waals surface area contributed by atoms with Crippen LogP contribution in [0.15, 0.2) is 33.5 Å². The summed E-state index contributed by atoms with van der Waals surface area (Å²) < 4.78 is 20.3. The van der Waals surface area contributed by atoms with E-state index < -0.39 is 28.3 Å². The molecule has 9 heteroatoms.